The van der Waals surface area contributed by atoms with Crippen molar-refractivity contribution >= 4 is 27.5 Å². The van der Waals surface area contributed by atoms with Crippen LogP contribution < -0.4 is 9.62 Å². The molecule has 3 rings (SSSR count). The highest BCUT2D eigenvalue weighted by Crippen LogP contribution is 2.23. The molecule has 1 atom stereocenters. The van der Waals surface area contributed by atoms with E-state index in [0.29, 0.717) is 4.31 Å². The molecular formula is C29H33F2N3O4S. The smallest absolute Gasteiger partial charge is 0.244 e. The van der Waals surface area contributed by atoms with Gasteiger partial charge in [0.05, 0.1) is 11.9 Å². The van der Waals surface area contributed by atoms with Crippen molar-refractivity contribution in [2.45, 2.75) is 45.8 Å². The fraction of sp³-hybridized carbons (Fsp3) is 0.310. The maximum atomic E-state index is 14.0. The van der Waals surface area contributed by atoms with Crippen LogP contribution in [0.2, 0.25) is 0 Å². The van der Waals surface area contributed by atoms with E-state index in [2.05, 4.69) is 5.32 Å². The third kappa shape index (κ3) is 8.10. The third-order valence-corrected chi connectivity index (χ3v) is 7.31. The van der Waals surface area contributed by atoms with Crippen molar-refractivity contribution in [1.82, 2.24) is 10.2 Å². The summed E-state index contributed by atoms with van der Waals surface area (Å²) >= 11 is 0. The largest absolute Gasteiger partial charge is 0.352 e. The maximum Gasteiger partial charge on any atom is 0.244 e. The quantitative estimate of drug-likeness (QED) is 0.383. The van der Waals surface area contributed by atoms with E-state index < -0.39 is 46.1 Å². The molecule has 39 heavy (non-hydrogen) atoms. The summed E-state index contributed by atoms with van der Waals surface area (Å²) in [6, 6.07) is 18.0. The summed E-state index contributed by atoms with van der Waals surface area (Å²) in [6.45, 7) is 4.81. The summed E-state index contributed by atoms with van der Waals surface area (Å²) in [5.41, 5.74) is 2.27. The van der Waals surface area contributed by atoms with Gasteiger partial charge in [0, 0.05) is 25.1 Å². The second-order valence-corrected chi connectivity index (χ2v) is 11.6. The molecule has 0 radical (unpaired) electrons. The number of rotatable bonds is 11. The van der Waals surface area contributed by atoms with Crippen molar-refractivity contribution in [3.05, 3.63) is 101 Å². The zero-order valence-corrected chi connectivity index (χ0v) is 23.2. The van der Waals surface area contributed by atoms with Gasteiger partial charge in [0.15, 0.2) is 11.6 Å². The number of nitrogens with zero attached hydrogens (tertiary/aromatic N) is 2. The molecule has 3 aromatic carbocycles. The summed E-state index contributed by atoms with van der Waals surface area (Å²) < 4.78 is 53.7. The first-order chi connectivity index (χ1) is 18.4. The molecule has 0 aliphatic heterocycles. The highest BCUT2D eigenvalue weighted by atomic mass is 32.2. The molecule has 0 spiro atoms. The Morgan fingerprint density at radius 3 is 2.15 bits per heavy atom. The lowest BCUT2D eigenvalue weighted by Gasteiger charge is -2.34. The second kappa shape index (κ2) is 12.8. The van der Waals surface area contributed by atoms with Crippen LogP contribution in [0.4, 0.5) is 14.5 Å². The highest BCUT2D eigenvalue weighted by molar-refractivity contribution is 7.92. The molecule has 7 nitrogen and oxygen atoms in total. The fourth-order valence-electron chi connectivity index (χ4n) is 4.16. The normalized spacial score (nSPS) is 12.2. The van der Waals surface area contributed by atoms with Gasteiger partial charge in [-0.15, -0.1) is 0 Å². The minimum atomic E-state index is -4.08. The van der Waals surface area contributed by atoms with Crippen molar-refractivity contribution in [2.24, 2.45) is 0 Å². The van der Waals surface area contributed by atoms with Crippen LogP contribution in [-0.2, 0) is 32.6 Å². The Kier molecular flexibility index (Phi) is 9.80. The Hall–Kier alpha value is -3.79. The molecule has 0 saturated heterocycles. The first kappa shape index (κ1) is 29.8. The van der Waals surface area contributed by atoms with E-state index >= 15 is 0 Å². The predicted octanol–water partition coefficient (Wildman–Crippen LogP) is 4.20. The molecule has 1 unspecified atom stereocenters. The molecule has 0 aliphatic rings. The van der Waals surface area contributed by atoms with Crippen LogP contribution in [0.1, 0.15) is 30.5 Å². The summed E-state index contributed by atoms with van der Waals surface area (Å²) in [7, 11) is -4.08. The minimum Gasteiger partial charge on any atom is -0.352 e. The van der Waals surface area contributed by atoms with Crippen molar-refractivity contribution in [1.29, 1.82) is 0 Å². The van der Waals surface area contributed by atoms with E-state index in [1.807, 2.05) is 61.5 Å². The summed E-state index contributed by atoms with van der Waals surface area (Å²) in [5.74, 6) is -3.46. The molecule has 0 aliphatic carbocycles. The standard InChI is InChI=1S/C29H33F2N3O4S/c1-20(2)32-29(36)27(16-22-11-6-5-7-12-22)33(18-23-13-9-8-10-21(23)3)28(35)19-34(39(4,37)38)24-14-15-25(30)26(31)17-24/h5-15,17,20,27H,16,18-19H2,1-4H3,(H,32,36). The van der Waals surface area contributed by atoms with E-state index in [4.69, 9.17) is 0 Å². The maximum absolute atomic E-state index is 14.0. The van der Waals surface area contributed by atoms with Crippen LogP contribution in [-0.4, -0.2) is 50.0 Å². The number of sulfonamides is 1. The number of hydrogen-bond acceptors (Lipinski definition) is 4. The molecule has 0 saturated carbocycles. The highest BCUT2D eigenvalue weighted by Gasteiger charge is 2.33. The van der Waals surface area contributed by atoms with E-state index in [1.54, 1.807) is 13.8 Å². The SMILES string of the molecule is Cc1ccccc1CN(C(=O)CN(c1ccc(F)c(F)c1)S(C)(=O)=O)C(Cc1ccccc1)C(=O)NC(C)C. The number of aryl methyl sites for hydroxylation is 1. The van der Waals surface area contributed by atoms with E-state index in [1.165, 1.54) is 4.90 Å². The zero-order chi connectivity index (χ0) is 28.7. The van der Waals surface area contributed by atoms with Crippen LogP contribution >= 0.6 is 0 Å². The average Bonchev–Trinajstić information content (AvgIpc) is 2.87. The minimum absolute atomic E-state index is 0.0316. The number of amides is 2. The van der Waals surface area contributed by atoms with Gasteiger partial charge in [0.2, 0.25) is 21.8 Å². The van der Waals surface area contributed by atoms with E-state index in [-0.39, 0.29) is 24.7 Å². The number of carbonyl (C=O) groups is 2. The molecule has 2 amide bonds. The van der Waals surface area contributed by atoms with Crippen molar-refractivity contribution < 1.29 is 26.8 Å². The predicted molar refractivity (Wildman–Crippen MR) is 147 cm³/mol. The second-order valence-electron chi connectivity index (χ2n) is 9.68. The van der Waals surface area contributed by atoms with Crippen LogP contribution in [0.5, 0.6) is 0 Å². The summed E-state index contributed by atoms with van der Waals surface area (Å²) in [6.07, 6.45) is 1.06. The van der Waals surface area contributed by atoms with Gasteiger partial charge in [-0.05, 0) is 49.6 Å². The molecule has 0 fully saturated rings. The fourth-order valence-corrected chi connectivity index (χ4v) is 5.00. The Balaban J connectivity index is 2.08. The third-order valence-electron chi connectivity index (χ3n) is 6.17. The van der Waals surface area contributed by atoms with E-state index in [0.717, 1.165) is 41.1 Å². The van der Waals surface area contributed by atoms with Gasteiger partial charge in [-0.2, -0.15) is 0 Å². The first-order valence-electron chi connectivity index (χ1n) is 12.5. The van der Waals surface area contributed by atoms with Crippen molar-refractivity contribution in [3.8, 4) is 0 Å². The van der Waals surface area contributed by atoms with Crippen molar-refractivity contribution in [2.75, 3.05) is 17.1 Å². The Labute approximate surface area is 228 Å². The van der Waals surface area contributed by atoms with Gasteiger partial charge in [0.25, 0.3) is 0 Å². The van der Waals surface area contributed by atoms with Gasteiger partial charge in [-0.3, -0.25) is 13.9 Å². The number of halogens is 2. The van der Waals surface area contributed by atoms with Gasteiger partial charge in [-0.1, -0.05) is 54.6 Å². The molecule has 3 aromatic rings. The molecule has 0 bridgehead atoms. The number of hydrogen-bond donors (Lipinski definition) is 1. The lowest BCUT2D eigenvalue weighted by Crippen LogP contribution is -2.54. The lowest BCUT2D eigenvalue weighted by atomic mass is 10.0. The summed E-state index contributed by atoms with van der Waals surface area (Å²) in [4.78, 5) is 28.8. The van der Waals surface area contributed by atoms with Crippen LogP contribution in [0.3, 0.4) is 0 Å². The number of carbonyl (C=O) groups excluding carboxylic acids is 2. The molecule has 0 aromatic heterocycles. The lowest BCUT2D eigenvalue weighted by molar-refractivity contribution is -0.140. The van der Waals surface area contributed by atoms with Crippen molar-refractivity contribution in [3.63, 3.8) is 0 Å². The van der Waals surface area contributed by atoms with Crippen LogP contribution in [0, 0.1) is 18.6 Å². The molecule has 1 N–H and O–H groups in total. The first-order valence-corrected chi connectivity index (χ1v) is 14.3. The van der Waals surface area contributed by atoms with E-state index in [9.17, 15) is 26.8 Å². The average molecular weight is 558 g/mol. The monoisotopic (exact) mass is 557 g/mol. The zero-order valence-electron chi connectivity index (χ0n) is 22.4. The van der Waals surface area contributed by atoms with Crippen LogP contribution in [0.15, 0.2) is 72.8 Å². The van der Waals surface area contributed by atoms with Gasteiger partial charge in [0.1, 0.15) is 12.6 Å². The Morgan fingerprint density at radius 1 is 0.923 bits per heavy atom. The number of benzene rings is 3. The summed E-state index contributed by atoms with van der Waals surface area (Å²) in [5, 5.41) is 2.87. The molecule has 10 heteroatoms. The van der Waals surface area contributed by atoms with Gasteiger partial charge in [-0.25, -0.2) is 17.2 Å². The van der Waals surface area contributed by atoms with Gasteiger partial charge >= 0.3 is 0 Å². The molecular weight excluding hydrogens is 524 g/mol. The Morgan fingerprint density at radius 2 is 1.56 bits per heavy atom. The molecule has 0 heterocycles. The Bertz CT molecular complexity index is 1420. The number of nitrogens with one attached hydrogen (secondary N) is 1. The number of anilines is 1. The van der Waals surface area contributed by atoms with Gasteiger partial charge < -0.3 is 10.2 Å². The molecule has 208 valence electrons. The topological polar surface area (TPSA) is 86.8 Å². The van der Waals surface area contributed by atoms with Crippen LogP contribution in [0.25, 0.3) is 0 Å².